The Bertz CT molecular complexity index is 1010. The SMILES string of the molecule is CCC(CCC(C)C1CCC2CC34CC=C5CC(OC6OC(CO)C(O)C(O)C6O)CCC5(C)C3C4CC21C)C(C)C. The van der Waals surface area contributed by atoms with E-state index in [1.807, 2.05) is 0 Å². The van der Waals surface area contributed by atoms with E-state index < -0.39 is 37.3 Å². The first kappa shape index (κ1) is 31.5. The number of rotatable bonds is 9. The Labute approximate surface area is 254 Å². The fraction of sp³-hybridized carbons (Fsp3) is 0.944. The molecule has 42 heavy (non-hydrogen) atoms. The lowest BCUT2D eigenvalue weighted by Crippen LogP contribution is -2.59. The molecule has 15 unspecified atom stereocenters. The van der Waals surface area contributed by atoms with Crippen molar-refractivity contribution in [3.8, 4) is 0 Å². The van der Waals surface area contributed by atoms with E-state index in [2.05, 4.69) is 47.6 Å². The van der Waals surface area contributed by atoms with Crippen molar-refractivity contribution in [3.05, 3.63) is 11.6 Å². The summed E-state index contributed by atoms with van der Waals surface area (Å²) in [4.78, 5) is 0. The van der Waals surface area contributed by atoms with Crippen molar-refractivity contribution in [1.29, 1.82) is 0 Å². The van der Waals surface area contributed by atoms with Gasteiger partial charge in [0.05, 0.1) is 12.7 Å². The molecule has 240 valence electrons. The molecule has 0 amide bonds. The molecule has 0 bridgehead atoms. The molecule has 5 aliphatic carbocycles. The number of aliphatic hydroxyl groups is 4. The summed E-state index contributed by atoms with van der Waals surface area (Å²) in [5.74, 6) is 5.84. The molecule has 0 radical (unpaired) electrons. The van der Waals surface area contributed by atoms with Gasteiger partial charge in [-0.05, 0) is 115 Å². The van der Waals surface area contributed by atoms with E-state index in [-0.39, 0.29) is 11.5 Å². The smallest absolute Gasteiger partial charge is 0.186 e. The molecule has 15 atom stereocenters. The first-order valence-corrected chi connectivity index (χ1v) is 17.5. The summed E-state index contributed by atoms with van der Waals surface area (Å²) in [6.07, 6.45) is 10.2. The lowest BCUT2D eigenvalue weighted by atomic mass is 9.58. The summed E-state index contributed by atoms with van der Waals surface area (Å²) < 4.78 is 11.9. The molecule has 1 aliphatic heterocycles. The van der Waals surface area contributed by atoms with Gasteiger partial charge in [-0.3, -0.25) is 0 Å². The highest BCUT2D eigenvalue weighted by molar-refractivity contribution is 5.35. The van der Waals surface area contributed by atoms with Crippen molar-refractivity contribution in [2.75, 3.05) is 6.61 Å². The van der Waals surface area contributed by atoms with Crippen molar-refractivity contribution in [2.24, 2.45) is 57.7 Å². The average Bonchev–Trinajstić information content (AvgIpc) is 3.49. The van der Waals surface area contributed by atoms with Crippen LogP contribution in [0.4, 0.5) is 0 Å². The zero-order chi connectivity index (χ0) is 30.2. The summed E-state index contributed by atoms with van der Waals surface area (Å²) in [7, 11) is 0. The Balaban J connectivity index is 1.11. The van der Waals surface area contributed by atoms with Gasteiger partial charge in [0.2, 0.25) is 0 Å². The molecule has 5 fully saturated rings. The minimum absolute atomic E-state index is 0.0968. The largest absolute Gasteiger partial charge is 0.394 e. The third-order valence-electron chi connectivity index (χ3n) is 14.4. The molecule has 0 aromatic heterocycles. The highest BCUT2D eigenvalue weighted by Crippen LogP contribution is 2.83. The Kier molecular flexibility index (Phi) is 8.53. The van der Waals surface area contributed by atoms with Crippen molar-refractivity contribution in [1.82, 2.24) is 0 Å². The van der Waals surface area contributed by atoms with E-state index in [1.165, 1.54) is 56.9 Å². The Morgan fingerprint density at radius 1 is 1.00 bits per heavy atom. The van der Waals surface area contributed by atoms with Gasteiger partial charge in [0.1, 0.15) is 24.4 Å². The lowest BCUT2D eigenvalue weighted by Gasteiger charge is -2.47. The van der Waals surface area contributed by atoms with Crippen LogP contribution in [0.1, 0.15) is 112 Å². The number of hydrogen-bond donors (Lipinski definition) is 4. The van der Waals surface area contributed by atoms with Crippen LogP contribution in [0.5, 0.6) is 0 Å². The number of aliphatic hydroxyl groups excluding tert-OH is 4. The highest BCUT2D eigenvalue weighted by atomic mass is 16.7. The number of hydrogen-bond acceptors (Lipinski definition) is 6. The molecule has 1 spiro atoms. The van der Waals surface area contributed by atoms with E-state index in [0.29, 0.717) is 10.8 Å². The zero-order valence-electron chi connectivity index (χ0n) is 27.2. The summed E-state index contributed by atoms with van der Waals surface area (Å²) in [5.41, 5.74) is 2.75. The number of ether oxygens (including phenoxy) is 2. The van der Waals surface area contributed by atoms with E-state index in [1.54, 1.807) is 0 Å². The quantitative estimate of drug-likeness (QED) is 0.252. The van der Waals surface area contributed by atoms with Crippen LogP contribution in [0.3, 0.4) is 0 Å². The maximum absolute atomic E-state index is 10.5. The van der Waals surface area contributed by atoms with Gasteiger partial charge in [-0.1, -0.05) is 66.0 Å². The molecule has 6 heteroatoms. The second kappa shape index (κ2) is 11.4. The maximum atomic E-state index is 10.5. The summed E-state index contributed by atoms with van der Waals surface area (Å²) >= 11 is 0. The van der Waals surface area contributed by atoms with Crippen LogP contribution in [0, 0.1) is 57.7 Å². The van der Waals surface area contributed by atoms with E-state index in [4.69, 9.17) is 9.47 Å². The van der Waals surface area contributed by atoms with Crippen LogP contribution in [-0.2, 0) is 9.47 Å². The summed E-state index contributed by atoms with van der Waals surface area (Å²) in [5, 5.41) is 40.5. The predicted octanol–water partition coefficient (Wildman–Crippen LogP) is 5.85. The molecule has 1 heterocycles. The van der Waals surface area contributed by atoms with E-state index in [0.717, 1.165) is 60.7 Å². The van der Waals surface area contributed by atoms with Crippen LogP contribution in [0.15, 0.2) is 11.6 Å². The van der Waals surface area contributed by atoms with E-state index in [9.17, 15) is 20.4 Å². The Morgan fingerprint density at radius 3 is 2.45 bits per heavy atom. The van der Waals surface area contributed by atoms with Crippen molar-refractivity contribution >= 4 is 0 Å². The first-order valence-electron chi connectivity index (χ1n) is 17.5. The molecule has 6 rings (SSSR count). The van der Waals surface area contributed by atoms with Crippen molar-refractivity contribution in [2.45, 2.75) is 149 Å². The van der Waals surface area contributed by atoms with Gasteiger partial charge in [-0.15, -0.1) is 0 Å². The predicted molar refractivity (Wildman–Crippen MR) is 163 cm³/mol. The fourth-order valence-electron chi connectivity index (χ4n) is 11.8. The zero-order valence-corrected chi connectivity index (χ0v) is 27.2. The van der Waals surface area contributed by atoms with Crippen LogP contribution >= 0.6 is 0 Å². The second-order valence-corrected chi connectivity index (χ2v) is 16.6. The Hall–Kier alpha value is -0.500. The molecule has 0 aromatic rings. The van der Waals surface area contributed by atoms with E-state index >= 15 is 0 Å². The summed E-state index contributed by atoms with van der Waals surface area (Å²) in [6.45, 7) is 14.5. The maximum Gasteiger partial charge on any atom is 0.186 e. The average molecular weight is 589 g/mol. The third kappa shape index (κ3) is 4.88. The topological polar surface area (TPSA) is 99.4 Å². The van der Waals surface area contributed by atoms with Crippen molar-refractivity contribution < 1.29 is 29.9 Å². The number of fused-ring (bicyclic) bond motifs is 4. The lowest BCUT2D eigenvalue weighted by molar-refractivity contribution is -0.312. The minimum Gasteiger partial charge on any atom is -0.394 e. The van der Waals surface area contributed by atoms with Crippen molar-refractivity contribution in [3.63, 3.8) is 0 Å². The van der Waals surface area contributed by atoms with Gasteiger partial charge in [0, 0.05) is 0 Å². The van der Waals surface area contributed by atoms with Gasteiger partial charge in [-0.25, -0.2) is 0 Å². The van der Waals surface area contributed by atoms with Gasteiger partial charge >= 0.3 is 0 Å². The van der Waals surface area contributed by atoms with Gasteiger partial charge in [0.15, 0.2) is 6.29 Å². The van der Waals surface area contributed by atoms with Gasteiger partial charge in [-0.2, -0.15) is 0 Å². The number of allylic oxidation sites excluding steroid dienone is 1. The normalized spacial score (nSPS) is 51.2. The molecule has 6 nitrogen and oxygen atoms in total. The first-order chi connectivity index (χ1) is 19.9. The van der Waals surface area contributed by atoms with Crippen LogP contribution in [0.2, 0.25) is 0 Å². The molecular formula is C36H60O6. The van der Waals surface area contributed by atoms with Crippen LogP contribution in [-0.4, -0.2) is 63.8 Å². The third-order valence-corrected chi connectivity index (χ3v) is 14.4. The fourth-order valence-corrected chi connectivity index (χ4v) is 11.8. The van der Waals surface area contributed by atoms with Crippen LogP contribution < -0.4 is 0 Å². The molecule has 0 aromatic carbocycles. The second-order valence-electron chi connectivity index (χ2n) is 16.6. The summed E-state index contributed by atoms with van der Waals surface area (Å²) in [6, 6.07) is 0. The molecule has 4 saturated carbocycles. The van der Waals surface area contributed by atoms with Crippen LogP contribution in [0.25, 0.3) is 0 Å². The molecule has 6 aliphatic rings. The standard InChI is InChI=1S/C36H60O6/c1-7-22(20(2)3)9-8-21(4)26-11-10-24-17-36-15-12-23-16-25(41-33-31(40)30(39)29(38)28(19-37)42-33)13-14-34(23,5)32(36)27(36)18-35(24,26)6/h12,20-22,24-33,37-40H,7-11,13-19H2,1-6H3. The minimum atomic E-state index is -1.39. The molecular weight excluding hydrogens is 528 g/mol. The van der Waals surface area contributed by atoms with Gasteiger partial charge < -0.3 is 29.9 Å². The monoisotopic (exact) mass is 588 g/mol. The Morgan fingerprint density at radius 2 is 1.76 bits per heavy atom. The van der Waals surface area contributed by atoms with Gasteiger partial charge in [0.25, 0.3) is 0 Å². The molecule has 4 N–H and O–H groups in total. The molecule has 1 saturated heterocycles. The highest BCUT2D eigenvalue weighted by Gasteiger charge is 2.76.